The van der Waals surface area contributed by atoms with E-state index in [4.69, 9.17) is 0 Å². The summed E-state index contributed by atoms with van der Waals surface area (Å²) in [6, 6.07) is 8.63. The molecule has 3 atom stereocenters. The van der Waals surface area contributed by atoms with E-state index in [1.807, 2.05) is 20.8 Å². The van der Waals surface area contributed by atoms with Crippen LogP contribution in [0.3, 0.4) is 0 Å². The fourth-order valence-corrected chi connectivity index (χ4v) is 6.98. The highest BCUT2D eigenvalue weighted by molar-refractivity contribution is 7.93. The van der Waals surface area contributed by atoms with Gasteiger partial charge < -0.3 is 4.90 Å². The average Bonchev–Trinajstić information content (AvgIpc) is 3.01. The molecular formula is C25H28FN3O6S2. The van der Waals surface area contributed by atoms with Gasteiger partial charge in [0, 0.05) is 12.2 Å². The molecule has 1 amide bonds. The number of anilines is 1. The second-order valence-corrected chi connectivity index (χ2v) is 14.5. The number of carbonyl (C=O) groups excluding carboxylic acids is 2. The molecule has 12 heteroatoms. The molecule has 2 aliphatic rings. The van der Waals surface area contributed by atoms with Crippen LogP contribution >= 0.6 is 0 Å². The van der Waals surface area contributed by atoms with Crippen LogP contribution in [0.5, 0.6) is 0 Å². The number of sulfonamides is 1. The van der Waals surface area contributed by atoms with Gasteiger partial charge in [0.2, 0.25) is 15.9 Å². The lowest BCUT2D eigenvalue weighted by Crippen LogP contribution is -2.44. The molecule has 1 N–H and O–H groups in total. The lowest BCUT2D eigenvalue weighted by atomic mass is 9.81. The van der Waals surface area contributed by atoms with Gasteiger partial charge in [0.05, 0.1) is 28.6 Å². The minimum atomic E-state index is -4.10. The SMILES string of the molecule is CC1C(C2C(=O)[C@H](C(C)(C)C)N(Cc3ccc(F)cc3)C2=O)=Nc2ccc(NS(C)(=O)=O)cc2S1(=O)=O. The average molecular weight is 550 g/mol. The molecule has 9 nitrogen and oxygen atoms in total. The second kappa shape index (κ2) is 9.02. The third-order valence-electron chi connectivity index (χ3n) is 6.48. The number of rotatable bonds is 5. The predicted molar refractivity (Wildman–Crippen MR) is 137 cm³/mol. The van der Waals surface area contributed by atoms with Crippen LogP contribution in [0.15, 0.2) is 52.4 Å². The van der Waals surface area contributed by atoms with Crippen LogP contribution in [0.1, 0.15) is 33.3 Å². The van der Waals surface area contributed by atoms with Crippen molar-refractivity contribution in [1.29, 1.82) is 0 Å². The van der Waals surface area contributed by atoms with Gasteiger partial charge in [-0.15, -0.1) is 0 Å². The van der Waals surface area contributed by atoms with Crippen LogP contribution in [0, 0.1) is 17.2 Å². The predicted octanol–water partition coefficient (Wildman–Crippen LogP) is 3.09. The molecule has 1 fully saturated rings. The van der Waals surface area contributed by atoms with Gasteiger partial charge in [0.15, 0.2) is 15.6 Å². The zero-order valence-electron chi connectivity index (χ0n) is 21.0. The molecule has 2 aliphatic heterocycles. The highest BCUT2D eigenvalue weighted by atomic mass is 32.2. The van der Waals surface area contributed by atoms with Crippen molar-refractivity contribution in [3.8, 4) is 0 Å². The fourth-order valence-electron chi connectivity index (χ4n) is 4.84. The number of Topliss-reactive ketones (excluding diaryl/α,β-unsaturated/α-hetero) is 1. The van der Waals surface area contributed by atoms with Gasteiger partial charge in [-0.1, -0.05) is 32.9 Å². The van der Waals surface area contributed by atoms with E-state index in [-0.39, 0.29) is 28.5 Å². The normalized spacial score (nSPS) is 23.6. The van der Waals surface area contributed by atoms with Crippen LogP contribution in [-0.2, 0) is 36.0 Å². The first-order valence-electron chi connectivity index (χ1n) is 11.5. The number of benzene rings is 2. The second-order valence-electron chi connectivity index (χ2n) is 10.5. The maximum absolute atomic E-state index is 13.7. The summed E-state index contributed by atoms with van der Waals surface area (Å²) < 4.78 is 65.8. The van der Waals surface area contributed by atoms with Crippen molar-refractivity contribution in [2.24, 2.45) is 16.3 Å². The van der Waals surface area contributed by atoms with Gasteiger partial charge in [-0.25, -0.2) is 21.2 Å². The number of carbonyl (C=O) groups is 2. The Bertz CT molecular complexity index is 1530. The van der Waals surface area contributed by atoms with E-state index in [9.17, 15) is 30.8 Å². The molecule has 0 aliphatic carbocycles. The van der Waals surface area contributed by atoms with Crippen LogP contribution in [0.2, 0.25) is 0 Å². The maximum atomic E-state index is 13.7. The van der Waals surface area contributed by atoms with Crippen molar-refractivity contribution < 1.29 is 30.8 Å². The molecule has 0 radical (unpaired) electrons. The summed E-state index contributed by atoms with van der Waals surface area (Å²) in [4.78, 5) is 33.1. The van der Waals surface area contributed by atoms with Gasteiger partial charge in [0.1, 0.15) is 17.0 Å². The molecular weight excluding hydrogens is 521 g/mol. The van der Waals surface area contributed by atoms with Gasteiger partial charge in [-0.05, 0) is 48.2 Å². The van der Waals surface area contributed by atoms with Crippen LogP contribution in [0.25, 0.3) is 0 Å². The summed E-state index contributed by atoms with van der Waals surface area (Å²) in [6.07, 6.45) is 0.945. The monoisotopic (exact) mass is 549 g/mol. The third-order valence-corrected chi connectivity index (χ3v) is 9.20. The summed E-state index contributed by atoms with van der Waals surface area (Å²) in [5, 5.41) is -1.29. The molecule has 0 bridgehead atoms. The molecule has 0 saturated carbocycles. The summed E-state index contributed by atoms with van der Waals surface area (Å²) in [5.74, 6) is -2.83. The lowest BCUT2D eigenvalue weighted by molar-refractivity contribution is -0.132. The van der Waals surface area contributed by atoms with Crippen molar-refractivity contribution in [3.63, 3.8) is 0 Å². The van der Waals surface area contributed by atoms with Crippen molar-refractivity contribution >= 4 is 48.6 Å². The van der Waals surface area contributed by atoms with Gasteiger partial charge in [-0.3, -0.25) is 19.3 Å². The standard InChI is InChI=1S/C25H28FN3O6S2/c1-14-21(27-18-11-10-17(28-36(5,32)33)12-19(18)37(14,34)35)20-22(30)23(25(2,3)4)29(24(20)31)13-15-6-8-16(26)9-7-15/h6-12,14,20,23,28H,13H2,1-5H3/t14?,20?,23-/m1/s1. The maximum Gasteiger partial charge on any atom is 0.239 e. The number of hydrogen-bond acceptors (Lipinski definition) is 7. The number of likely N-dealkylation sites (tertiary alicyclic amines) is 1. The van der Waals surface area contributed by atoms with Gasteiger partial charge >= 0.3 is 0 Å². The molecule has 2 aromatic rings. The fraction of sp³-hybridized carbons (Fsp3) is 0.400. The van der Waals surface area contributed by atoms with Crippen molar-refractivity contribution in [3.05, 3.63) is 53.8 Å². The van der Waals surface area contributed by atoms with Crippen LogP contribution in [0.4, 0.5) is 15.8 Å². The minimum Gasteiger partial charge on any atom is -0.327 e. The Balaban J connectivity index is 1.79. The zero-order valence-corrected chi connectivity index (χ0v) is 22.7. The van der Waals surface area contributed by atoms with E-state index in [0.717, 1.165) is 6.26 Å². The molecule has 2 heterocycles. The largest absolute Gasteiger partial charge is 0.327 e. The molecule has 37 heavy (non-hydrogen) atoms. The van der Waals surface area contributed by atoms with Gasteiger partial charge in [-0.2, -0.15) is 0 Å². The molecule has 2 aromatic carbocycles. The zero-order chi connectivity index (χ0) is 27.5. The number of hydrogen-bond donors (Lipinski definition) is 1. The summed E-state index contributed by atoms with van der Waals surface area (Å²) >= 11 is 0. The first-order valence-corrected chi connectivity index (χ1v) is 15.0. The van der Waals surface area contributed by atoms with Crippen molar-refractivity contribution in [2.75, 3.05) is 11.0 Å². The molecule has 198 valence electrons. The Hall–Kier alpha value is -3.12. The van der Waals surface area contributed by atoms with E-state index in [0.29, 0.717) is 5.56 Å². The molecule has 0 aromatic heterocycles. The summed E-state index contributed by atoms with van der Waals surface area (Å²) in [7, 11) is -7.74. The highest BCUT2D eigenvalue weighted by Crippen LogP contribution is 2.41. The number of ketones is 1. The van der Waals surface area contributed by atoms with E-state index >= 15 is 0 Å². The Morgan fingerprint density at radius 2 is 1.70 bits per heavy atom. The van der Waals surface area contributed by atoms with Crippen LogP contribution in [-0.4, -0.2) is 56.7 Å². The van der Waals surface area contributed by atoms with Crippen molar-refractivity contribution in [1.82, 2.24) is 4.90 Å². The Labute approximate surface area is 215 Å². The number of fused-ring (bicyclic) bond motifs is 1. The van der Waals surface area contributed by atoms with Crippen LogP contribution < -0.4 is 4.72 Å². The Kier molecular flexibility index (Phi) is 6.56. The van der Waals surface area contributed by atoms with E-state index in [1.165, 1.54) is 54.3 Å². The topological polar surface area (TPSA) is 130 Å². The number of amides is 1. The van der Waals surface area contributed by atoms with Gasteiger partial charge in [0.25, 0.3) is 0 Å². The van der Waals surface area contributed by atoms with E-state index in [2.05, 4.69) is 9.71 Å². The third kappa shape index (κ3) is 5.04. The molecule has 1 saturated heterocycles. The number of halogens is 1. The van der Waals surface area contributed by atoms with Crippen molar-refractivity contribution in [2.45, 2.75) is 50.4 Å². The Morgan fingerprint density at radius 1 is 1.08 bits per heavy atom. The molecule has 0 spiro atoms. The quantitative estimate of drug-likeness (QED) is 0.571. The number of nitrogens with one attached hydrogen (secondary N) is 1. The van der Waals surface area contributed by atoms with E-state index in [1.54, 1.807) is 0 Å². The molecule has 2 unspecified atom stereocenters. The first kappa shape index (κ1) is 26.9. The number of sulfone groups is 1. The van der Waals surface area contributed by atoms with E-state index < -0.39 is 60.0 Å². The number of aliphatic imine (C=N–C) groups is 1. The Morgan fingerprint density at radius 3 is 2.27 bits per heavy atom. The first-order chi connectivity index (χ1) is 17.0. The summed E-state index contributed by atoms with van der Waals surface area (Å²) in [6.45, 7) is 6.87. The summed E-state index contributed by atoms with van der Waals surface area (Å²) in [5.41, 5.74) is -0.0238. The smallest absolute Gasteiger partial charge is 0.239 e. The lowest BCUT2D eigenvalue weighted by Gasteiger charge is -2.33. The highest BCUT2D eigenvalue weighted by Gasteiger charge is 2.56. The number of nitrogens with zero attached hydrogens (tertiary/aromatic N) is 2. The molecule has 4 rings (SSSR count). The minimum absolute atomic E-state index is 0.0250.